The third kappa shape index (κ3) is 3.96. The third-order valence-electron chi connectivity index (χ3n) is 3.17. The molecule has 6 heteroatoms. The summed E-state index contributed by atoms with van der Waals surface area (Å²) < 4.78 is 0. The molecule has 0 saturated carbocycles. The van der Waals surface area contributed by atoms with Gasteiger partial charge in [-0.25, -0.2) is 0 Å². The molecule has 0 aliphatic rings. The van der Waals surface area contributed by atoms with Crippen molar-refractivity contribution in [2.75, 3.05) is 5.32 Å². The van der Waals surface area contributed by atoms with Crippen LogP contribution >= 0.6 is 23.8 Å². The summed E-state index contributed by atoms with van der Waals surface area (Å²) in [6, 6.07) is 9.96. The van der Waals surface area contributed by atoms with Crippen molar-refractivity contribution in [1.82, 2.24) is 5.32 Å². The summed E-state index contributed by atoms with van der Waals surface area (Å²) in [5.74, 6) is -0.300. The Kier molecular flexibility index (Phi) is 5.00. The molecule has 0 radical (unpaired) electrons. The van der Waals surface area contributed by atoms with E-state index in [9.17, 15) is 9.90 Å². The van der Waals surface area contributed by atoms with Crippen molar-refractivity contribution < 1.29 is 9.90 Å². The van der Waals surface area contributed by atoms with Gasteiger partial charge in [-0.05, 0) is 67.5 Å². The van der Waals surface area contributed by atoms with Crippen LogP contribution in [0.3, 0.4) is 0 Å². The first-order valence-electron chi connectivity index (χ1n) is 6.55. The molecule has 3 N–H and O–H groups in total. The lowest BCUT2D eigenvalue weighted by molar-refractivity contribution is 0.0977. The first kappa shape index (κ1) is 16.3. The molecule has 114 valence electrons. The van der Waals surface area contributed by atoms with Gasteiger partial charge in [0.2, 0.25) is 0 Å². The van der Waals surface area contributed by atoms with Crippen molar-refractivity contribution in [2.24, 2.45) is 0 Å². The van der Waals surface area contributed by atoms with E-state index >= 15 is 0 Å². The number of hydrogen-bond acceptors (Lipinski definition) is 3. The Labute approximate surface area is 139 Å². The van der Waals surface area contributed by atoms with Crippen molar-refractivity contribution in [2.45, 2.75) is 13.8 Å². The topological polar surface area (TPSA) is 61.4 Å². The zero-order valence-electron chi connectivity index (χ0n) is 12.1. The number of amides is 1. The Hall–Kier alpha value is -2.11. The lowest BCUT2D eigenvalue weighted by Gasteiger charge is -2.13. The standard InChI is InChI=1S/C16H15ClN2O2S/c1-9-6-13(14(20)7-10(9)2)18-16(22)19-15(21)11-4-3-5-12(17)8-11/h3-8,20H,1-2H3,(H2,18,19,21,22). The van der Waals surface area contributed by atoms with Crippen molar-refractivity contribution in [3.63, 3.8) is 0 Å². The number of hydrogen-bond donors (Lipinski definition) is 3. The van der Waals surface area contributed by atoms with Crippen molar-refractivity contribution >= 4 is 40.5 Å². The molecule has 0 unspecified atom stereocenters. The van der Waals surface area contributed by atoms with E-state index in [0.717, 1.165) is 11.1 Å². The van der Waals surface area contributed by atoms with Gasteiger partial charge < -0.3 is 10.4 Å². The van der Waals surface area contributed by atoms with E-state index in [1.54, 1.807) is 36.4 Å². The van der Waals surface area contributed by atoms with Crippen LogP contribution in [0, 0.1) is 13.8 Å². The molecule has 0 aliphatic heterocycles. The molecule has 4 nitrogen and oxygen atoms in total. The Morgan fingerprint density at radius 3 is 2.55 bits per heavy atom. The maximum absolute atomic E-state index is 12.0. The van der Waals surface area contributed by atoms with Gasteiger partial charge in [0, 0.05) is 10.6 Å². The van der Waals surface area contributed by atoms with Crippen LogP contribution in [0.5, 0.6) is 5.75 Å². The fourth-order valence-corrected chi connectivity index (χ4v) is 2.25. The van der Waals surface area contributed by atoms with Gasteiger partial charge in [-0.2, -0.15) is 0 Å². The highest BCUT2D eigenvalue weighted by Crippen LogP contribution is 2.26. The van der Waals surface area contributed by atoms with Crippen molar-refractivity contribution in [3.05, 3.63) is 58.1 Å². The van der Waals surface area contributed by atoms with Crippen LogP contribution in [0.25, 0.3) is 0 Å². The van der Waals surface area contributed by atoms with Gasteiger partial charge in [0.15, 0.2) is 5.11 Å². The maximum atomic E-state index is 12.0. The maximum Gasteiger partial charge on any atom is 0.257 e. The number of aryl methyl sites for hydroxylation is 2. The van der Waals surface area contributed by atoms with E-state index < -0.39 is 0 Å². The number of phenolic OH excluding ortho intramolecular Hbond substituents is 1. The fourth-order valence-electron chi connectivity index (χ4n) is 1.86. The molecule has 0 saturated heterocycles. The van der Waals surface area contributed by atoms with Crippen LogP contribution < -0.4 is 10.6 Å². The normalized spacial score (nSPS) is 10.1. The molecule has 2 rings (SSSR count). The van der Waals surface area contributed by atoms with Crippen molar-refractivity contribution in [3.8, 4) is 5.75 Å². The lowest BCUT2D eigenvalue weighted by Crippen LogP contribution is -2.34. The first-order chi connectivity index (χ1) is 10.4. The van der Waals surface area contributed by atoms with Crippen LogP contribution in [-0.2, 0) is 0 Å². The first-order valence-corrected chi connectivity index (χ1v) is 7.33. The molecule has 2 aromatic rings. The van der Waals surface area contributed by atoms with Crippen LogP contribution in [0.4, 0.5) is 5.69 Å². The summed E-state index contributed by atoms with van der Waals surface area (Å²) in [5.41, 5.74) is 2.82. The number of carbonyl (C=O) groups is 1. The van der Waals surface area contributed by atoms with Gasteiger partial charge >= 0.3 is 0 Å². The summed E-state index contributed by atoms with van der Waals surface area (Å²) in [5, 5.41) is 15.8. The van der Waals surface area contributed by atoms with Gasteiger partial charge in [-0.1, -0.05) is 17.7 Å². The number of aromatic hydroxyl groups is 1. The average Bonchev–Trinajstić information content (AvgIpc) is 2.44. The number of carbonyl (C=O) groups excluding carboxylic acids is 1. The molecule has 2 aromatic carbocycles. The van der Waals surface area contributed by atoms with Gasteiger partial charge in [0.05, 0.1) is 5.69 Å². The molecule has 0 heterocycles. The molecule has 0 aromatic heterocycles. The second kappa shape index (κ2) is 6.77. The predicted octanol–water partition coefficient (Wildman–Crippen LogP) is 3.79. The zero-order chi connectivity index (χ0) is 16.3. The third-order valence-corrected chi connectivity index (χ3v) is 3.61. The number of nitrogens with one attached hydrogen (secondary N) is 2. The Bertz CT molecular complexity index is 747. The highest BCUT2D eigenvalue weighted by Gasteiger charge is 2.10. The number of halogens is 1. The van der Waals surface area contributed by atoms with Crippen LogP contribution in [0.2, 0.25) is 5.02 Å². The van der Waals surface area contributed by atoms with Gasteiger partial charge in [0.1, 0.15) is 5.75 Å². The van der Waals surface area contributed by atoms with Gasteiger partial charge in [-0.3, -0.25) is 10.1 Å². The SMILES string of the molecule is Cc1cc(O)c(NC(=S)NC(=O)c2cccc(Cl)c2)cc1C. The minimum Gasteiger partial charge on any atom is -0.506 e. The van der Waals surface area contributed by atoms with Crippen LogP contribution in [0.15, 0.2) is 36.4 Å². The van der Waals surface area contributed by atoms with Crippen LogP contribution in [0.1, 0.15) is 21.5 Å². The summed E-state index contributed by atoms with van der Waals surface area (Å²) >= 11 is 10.9. The predicted molar refractivity (Wildman–Crippen MR) is 92.7 cm³/mol. The fraction of sp³-hybridized carbons (Fsp3) is 0.125. The minimum atomic E-state index is -0.372. The van der Waals surface area contributed by atoms with Crippen molar-refractivity contribution in [1.29, 1.82) is 0 Å². The van der Waals surface area contributed by atoms with Crippen LogP contribution in [-0.4, -0.2) is 16.1 Å². The molecule has 0 bridgehead atoms. The van der Waals surface area contributed by atoms with Gasteiger partial charge in [-0.15, -0.1) is 0 Å². The van der Waals surface area contributed by atoms with Gasteiger partial charge in [0.25, 0.3) is 5.91 Å². The van der Waals surface area contributed by atoms with E-state index in [4.69, 9.17) is 23.8 Å². The van der Waals surface area contributed by atoms with E-state index in [1.165, 1.54) is 0 Å². The van der Waals surface area contributed by atoms with E-state index in [0.29, 0.717) is 16.3 Å². The van der Waals surface area contributed by atoms with E-state index in [-0.39, 0.29) is 16.8 Å². The Morgan fingerprint density at radius 2 is 1.86 bits per heavy atom. The molecule has 0 fully saturated rings. The molecule has 0 aliphatic carbocycles. The second-order valence-corrected chi connectivity index (χ2v) is 5.72. The molecular formula is C16H15ClN2O2S. The highest BCUT2D eigenvalue weighted by atomic mass is 35.5. The molecular weight excluding hydrogens is 320 g/mol. The highest BCUT2D eigenvalue weighted by molar-refractivity contribution is 7.80. The number of phenols is 1. The summed E-state index contributed by atoms with van der Waals surface area (Å²) in [6.07, 6.45) is 0. The Balaban J connectivity index is 2.07. The number of anilines is 1. The summed E-state index contributed by atoms with van der Waals surface area (Å²) in [4.78, 5) is 12.0. The smallest absolute Gasteiger partial charge is 0.257 e. The number of thiocarbonyl (C=S) groups is 1. The number of rotatable bonds is 2. The molecule has 0 atom stereocenters. The molecule has 1 amide bonds. The van der Waals surface area contributed by atoms with E-state index in [2.05, 4.69) is 10.6 Å². The summed E-state index contributed by atoms with van der Waals surface area (Å²) in [7, 11) is 0. The summed E-state index contributed by atoms with van der Waals surface area (Å²) in [6.45, 7) is 3.83. The Morgan fingerprint density at radius 1 is 1.18 bits per heavy atom. The average molecular weight is 335 g/mol. The largest absolute Gasteiger partial charge is 0.506 e. The minimum absolute atomic E-state index is 0.0717. The monoisotopic (exact) mass is 334 g/mol. The van der Waals surface area contributed by atoms with E-state index in [1.807, 2.05) is 13.8 Å². The lowest BCUT2D eigenvalue weighted by atomic mass is 10.1. The number of benzene rings is 2. The zero-order valence-corrected chi connectivity index (χ0v) is 13.7. The molecule has 22 heavy (non-hydrogen) atoms. The quantitative estimate of drug-likeness (QED) is 0.577. The molecule has 0 spiro atoms. The second-order valence-electron chi connectivity index (χ2n) is 4.87.